The zero-order chi connectivity index (χ0) is 12.4. The first-order chi connectivity index (χ1) is 8.83. The van der Waals surface area contributed by atoms with Gasteiger partial charge in [-0.1, -0.05) is 25.7 Å². The Balaban J connectivity index is 1.44. The number of carbonyl (C=O) groups is 1. The van der Waals surface area contributed by atoms with Crippen molar-refractivity contribution in [3.63, 3.8) is 0 Å². The Hall–Kier alpha value is -0.860. The molecule has 0 aliphatic heterocycles. The number of hydrogen-bond acceptors (Lipinski definition) is 2. The van der Waals surface area contributed by atoms with Crippen LogP contribution in [0.4, 0.5) is 0 Å². The van der Waals surface area contributed by atoms with Crippen LogP contribution in [-0.4, -0.2) is 12.1 Å². The van der Waals surface area contributed by atoms with Crippen molar-refractivity contribution >= 4 is 12.1 Å². The van der Waals surface area contributed by atoms with Gasteiger partial charge < -0.3 is 0 Å². The van der Waals surface area contributed by atoms with Gasteiger partial charge in [-0.15, -0.1) is 0 Å². The molecule has 0 spiro atoms. The standard InChI is InChI=1S/C15H24N2O/c18-15(12-4-2-1-3-5-12)17-16-10-14-9-11-6-7-13(14)8-11/h10-14H,1-9H2,(H,17,18)/b16-10-/t11-,13-,14-/m1/s1. The Morgan fingerprint density at radius 3 is 2.56 bits per heavy atom. The van der Waals surface area contributed by atoms with Crippen molar-refractivity contribution in [2.24, 2.45) is 28.8 Å². The van der Waals surface area contributed by atoms with Crippen molar-refractivity contribution in [3.8, 4) is 0 Å². The van der Waals surface area contributed by atoms with E-state index in [1.54, 1.807) is 0 Å². The number of fused-ring (bicyclic) bond motifs is 2. The average Bonchev–Trinajstić information content (AvgIpc) is 3.02. The molecular weight excluding hydrogens is 224 g/mol. The Morgan fingerprint density at radius 2 is 1.89 bits per heavy atom. The lowest BCUT2D eigenvalue weighted by atomic mass is 9.89. The maximum absolute atomic E-state index is 11.9. The smallest absolute Gasteiger partial charge is 0.243 e. The molecule has 18 heavy (non-hydrogen) atoms. The molecule has 3 rings (SSSR count). The summed E-state index contributed by atoms with van der Waals surface area (Å²) in [6.07, 6.45) is 13.3. The molecule has 100 valence electrons. The Labute approximate surface area is 109 Å². The lowest BCUT2D eigenvalue weighted by molar-refractivity contribution is -0.125. The fraction of sp³-hybridized carbons (Fsp3) is 0.867. The summed E-state index contributed by atoms with van der Waals surface area (Å²) in [7, 11) is 0. The zero-order valence-corrected chi connectivity index (χ0v) is 11.1. The predicted octanol–water partition coefficient (Wildman–Crippen LogP) is 3.10. The first-order valence-electron chi connectivity index (χ1n) is 7.66. The van der Waals surface area contributed by atoms with Gasteiger partial charge in [0.2, 0.25) is 5.91 Å². The van der Waals surface area contributed by atoms with Crippen molar-refractivity contribution in [1.82, 2.24) is 5.43 Å². The van der Waals surface area contributed by atoms with Crippen LogP contribution in [0.3, 0.4) is 0 Å². The van der Waals surface area contributed by atoms with Gasteiger partial charge in [0.15, 0.2) is 0 Å². The van der Waals surface area contributed by atoms with Gasteiger partial charge in [0.25, 0.3) is 0 Å². The minimum Gasteiger partial charge on any atom is -0.273 e. The second kappa shape index (κ2) is 5.41. The fourth-order valence-corrected chi connectivity index (χ4v) is 4.13. The molecule has 0 saturated heterocycles. The summed E-state index contributed by atoms with van der Waals surface area (Å²) in [5.74, 6) is 2.80. The number of rotatable bonds is 3. The summed E-state index contributed by atoms with van der Waals surface area (Å²) in [6, 6.07) is 0. The summed E-state index contributed by atoms with van der Waals surface area (Å²) in [4.78, 5) is 11.9. The third-order valence-electron chi connectivity index (χ3n) is 5.21. The maximum atomic E-state index is 11.9. The third-order valence-corrected chi connectivity index (χ3v) is 5.21. The topological polar surface area (TPSA) is 41.5 Å². The van der Waals surface area contributed by atoms with E-state index in [2.05, 4.69) is 10.5 Å². The number of carbonyl (C=O) groups excluding carboxylic acids is 1. The molecule has 0 heterocycles. The summed E-state index contributed by atoms with van der Waals surface area (Å²) < 4.78 is 0. The van der Waals surface area contributed by atoms with Crippen molar-refractivity contribution < 1.29 is 4.79 Å². The Bertz CT molecular complexity index is 333. The molecular formula is C15H24N2O. The molecule has 0 radical (unpaired) electrons. The van der Waals surface area contributed by atoms with Crippen LogP contribution in [0.5, 0.6) is 0 Å². The highest BCUT2D eigenvalue weighted by Gasteiger charge is 2.38. The van der Waals surface area contributed by atoms with Crippen LogP contribution in [0, 0.1) is 23.7 Å². The van der Waals surface area contributed by atoms with E-state index in [0.717, 1.165) is 24.7 Å². The quantitative estimate of drug-likeness (QED) is 0.605. The number of nitrogens with zero attached hydrogens (tertiary/aromatic N) is 1. The molecule has 3 nitrogen and oxygen atoms in total. The van der Waals surface area contributed by atoms with Crippen molar-refractivity contribution in [3.05, 3.63) is 0 Å². The first-order valence-corrected chi connectivity index (χ1v) is 7.66. The van der Waals surface area contributed by atoms with Crippen molar-refractivity contribution in [2.45, 2.75) is 57.8 Å². The highest BCUT2D eigenvalue weighted by atomic mass is 16.2. The second-order valence-corrected chi connectivity index (χ2v) is 6.43. The van der Waals surface area contributed by atoms with Crippen LogP contribution in [0.2, 0.25) is 0 Å². The molecule has 3 atom stereocenters. The van der Waals surface area contributed by atoms with Gasteiger partial charge in [-0.05, 0) is 49.9 Å². The van der Waals surface area contributed by atoms with E-state index in [-0.39, 0.29) is 11.8 Å². The van der Waals surface area contributed by atoms with E-state index in [0.29, 0.717) is 5.92 Å². The van der Waals surface area contributed by atoms with E-state index in [9.17, 15) is 4.79 Å². The molecule has 2 bridgehead atoms. The second-order valence-electron chi connectivity index (χ2n) is 6.43. The molecule has 1 amide bonds. The average molecular weight is 248 g/mol. The van der Waals surface area contributed by atoms with Gasteiger partial charge in [-0.3, -0.25) is 4.79 Å². The lowest BCUT2D eigenvalue weighted by Crippen LogP contribution is -2.29. The molecule has 0 aromatic rings. The van der Waals surface area contributed by atoms with Crippen LogP contribution in [0.15, 0.2) is 5.10 Å². The van der Waals surface area contributed by atoms with Crippen LogP contribution in [0.25, 0.3) is 0 Å². The first kappa shape index (κ1) is 12.2. The van der Waals surface area contributed by atoms with Gasteiger partial charge in [0.05, 0.1) is 0 Å². The van der Waals surface area contributed by atoms with Crippen LogP contribution in [0.1, 0.15) is 57.8 Å². The highest BCUT2D eigenvalue weighted by molar-refractivity contribution is 5.79. The van der Waals surface area contributed by atoms with Crippen molar-refractivity contribution in [2.75, 3.05) is 0 Å². The SMILES string of the molecule is O=C(N/N=C\[C@H]1C[C@@H]2CC[C@@H]1C2)C1CCCCC1. The summed E-state index contributed by atoms with van der Waals surface area (Å²) in [5.41, 5.74) is 2.77. The number of hydrazone groups is 1. The van der Waals surface area contributed by atoms with Crippen LogP contribution < -0.4 is 5.43 Å². The molecule has 1 N–H and O–H groups in total. The monoisotopic (exact) mass is 248 g/mol. The normalized spacial score (nSPS) is 36.3. The Morgan fingerprint density at radius 1 is 1.06 bits per heavy atom. The van der Waals surface area contributed by atoms with E-state index >= 15 is 0 Å². The van der Waals surface area contributed by atoms with E-state index in [1.807, 2.05) is 6.21 Å². The minimum atomic E-state index is 0.147. The molecule has 0 aromatic heterocycles. The lowest BCUT2D eigenvalue weighted by Gasteiger charge is -2.20. The highest BCUT2D eigenvalue weighted by Crippen LogP contribution is 2.47. The van der Waals surface area contributed by atoms with Crippen LogP contribution >= 0.6 is 0 Å². The predicted molar refractivity (Wildman–Crippen MR) is 72.1 cm³/mol. The van der Waals surface area contributed by atoms with Crippen molar-refractivity contribution in [1.29, 1.82) is 0 Å². The molecule has 3 saturated carbocycles. The third kappa shape index (κ3) is 2.60. The largest absolute Gasteiger partial charge is 0.273 e. The molecule has 0 unspecified atom stereocenters. The molecule has 0 aromatic carbocycles. The van der Waals surface area contributed by atoms with Gasteiger partial charge in [-0.25, -0.2) is 5.43 Å². The summed E-state index contributed by atoms with van der Waals surface area (Å²) >= 11 is 0. The zero-order valence-electron chi connectivity index (χ0n) is 11.1. The molecule has 3 fully saturated rings. The van der Waals surface area contributed by atoms with Gasteiger partial charge >= 0.3 is 0 Å². The van der Waals surface area contributed by atoms with E-state index < -0.39 is 0 Å². The summed E-state index contributed by atoms with van der Waals surface area (Å²) in [5, 5.41) is 4.22. The molecule has 3 aliphatic carbocycles. The Kier molecular flexibility index (Phi) is 3.67. The minimum absolute atomic E-state index is 0.147. The van der Waals surface area contributed by atoms with Gasteiger partial charge in [0, 0.05) is 12.1 Å². The van der Waals surface area contributed by atoms with Gasteiger partial charge in [0.1, 0.15) is 0 Å². The van der Waals surface area contributed by atoms with E-state index in [1.165, 1.54) is 44.9 Å². The number of nitrogens with one attached hydrogen (secondary N) is 1. The molecule has 3 heteroatoms. The molecule has 3 aliphatic rings. The number of hydrogen-bond donors (Lipinski definition) is 1. The maximum Gasteiger partial charge on any atom is 0.243 e. The van der Waals surface area contributed by atoms with E-state index in [4.69, 9.17) is 0 Å². The summed E-state index contributed by atoms with van der Waals surface area (Å²) in [6.45, 7) is 0. The van der Waals surface area contributed by atoms with Crippen LogP contribution in [-0.2, 0) is 4.79 Å². The van der Waals surface area contributed by atoms with Gasteiger partial charge in [-0.2, -0.15) is 5.10 Å². The fourth-order valence-electron chi connectivity index (χ4n) is 4.13. The number of amides is 1.